The van der Waals surface area contributed by atoms with E-state index in [0.29, 0.717) is 17.8 Å². The Labute approximate surface area is 152 Å². The Morgan fingerprint density at radius 2 is 1.85 bits per heavy atom. The third-order valence-corrected chi connectivity index (χ3v) is 3.72. The van der Waals surface area contributed by atoms with Crippen LogP contribution in [-0.2, 0) is 20.9 Å². The molecule has 26 heavy (non-hydrogen) atoms. The van der Waals surface area contributed by atoms with E-state index in [1.165, 1.54) is 14.0 Å². The highest BCUT2D eigenvalue weighted by Gasteiger charge is 2.13. The first-order valence-corrected chi connectivity index (χ1v) is 8.13. The summed E-state index contributed by atoms with van der Waals surface area (Å²) < 4.78 is 4.62. The molecule has 7 heteroatoms. The quantitative estimate of drug-likeness (QED) is 0.770. The number of nitrogens with zero attached hydrogens (tertiary/aromatic N) is 2. The fraction of sp³-hybridized carbons (Fsp3) is 0.263. The van der Waals surface area contributed by atoms with Crippen LogP contribution in [0.25, 0.3) is 0 Å². The third-order valence-electron chi connectivity index (χ3n) is 3.72. The smallest absolute Gasteiger partial charge is 0.337 e. The van der Waals surface area contributed by atoms with Gasteiger partial charge in [-0.15, -0.1) is 0 Å². The zero-order valence-corrected chi connectivity index (χ0v) is 14.8. The summed E-state index contributed by atoms with van der Waals surface area (Å²) in [6.45, 7) is 2.11. The van der Waals surface area contributed by atoms with Crippen LogP contribution in [0.5, 0.6) is 0 Å². The number of rotatable bonds is 7. The summed E-state index contributed by atoms with van der Waals surface area (Å²) in [4.78, 5) is 41.0. The van der Waals surface area contributed by atoms with Crippen LogP contribution in [0.1, 0.15) is 29.4 Å². The zero-order valence-electron chi connectivity index (χ0n) is 14.8. The van der Waals surface area contributed by atoms with Crippen molar-refractivity contribution >= 4 is 23.5 Å². The highest BCUT2D eigenvalue weighted by atomic mass is 16.5. The number of pyridine rings is 1. The fourth-order valence-corrected chi connectivity index (χ4v) is 2.30. The first kappa shape index (κ1) is 19.1. The standard InChI is InChI=1S/C19H21N3O4/c1-14(23)22(13-17-5-3-4-11-20-17)12-10-18(24)21-16-8-6-15(7-9-16)19(25)26-2/h3-9,11H,10,12-13H2,1-2H3,(H,21,24). The van der Waals surface area contributed by atoms with Gasteiger partial charge in [-0.3, -0.25) is 14.6 Å². The number of methoxy groups -OCH3 is 1. The Kier molecular flexibility index (Phi) is 6.84. The number of ether oxygens (including phenoxy) is 1. The maximum Gasteiger partial charge on any atom is 0.337 e. The number of aromatic nitrogens is 1. The molecule has 0 bridgehead atoms. The average molecular weight is 355 g/mol. The number of carbonyl (C=O) groups excluding carboxylic acids is 3. The molecule has 2 aromatic rings. The summed E-state index contributed by atoms with van der Waals surface area (Å²) in [5, 5.41) is 2.74. The van der Waals surface area contributed by atoms with E-state index < -0.39 is 5.97 Å². The van der Waals surface area contributed by atoms with Crippen LogP contribution in [0, 0.1) is 0 Å². The van der Waals surface area contributed by atoms with Crippen LogP contribution < -0.4 is 5.32 Å². The number of carbonyl (C=O) groups is 3. The van der Waals surface area contributed by atoms with Crippen molar-refractivity contribution in [2.75, 3.05) is 19.0 Å². The molecule has 0 unspecified atom stereocenters. The maximum absolute atomic E-state index is 12.1. The van der Waals surface area contributed by atoms with Gasteiger partial charge in [0.1, 0.15) is 0 Å². The molecule has 0 aliphatic heterocycles. The molecule has 2 rings (SSSR count). The minimum Gasteiger partial charge on any atom is -0.465 e. The second-order valence-electron chi connectivity index (χ2n) is 5.63. The summed E-state index contributed by atoms with van der Waals surface area (Å²) in [7, 11) is 1.31. The summed E-state index contributed by atoms with van der Waals surface area (Å²) >= 11 is 0. The van der Waals surface area contributed by atoms with E-state index in [9.17, 15) is 14.4 Å². The van der Waals surface area contributed by atoms with E-state index >= 15 is 0 Å². The molecule has 7 nitrogen and oxygen atoms in total. The number of nitrogens with one attached hydrogen (secondary N) is 1. The van der Waals surface area contributed by atoms with Crippen molar-refractivity contribution in [2.45, 2.75) is 19.9 Å². The Morgan fingerprint density at radius 1 is 1.12 bits per heavy atom. The highest BCUT2D eigenvalue weighted by molar-refractivity contribution is 5.93. The van der Waals surface area contributed by atoms with Gasteiger partial charge in [-0.1, -0.05) is 6.07 Å². The first-order chi connectivity index (χ1) is 12.5. The number of hydrogen-bond acceptors (Lipinski definition) is 5. The van der Waals surface area contributed by atoms with Crippen molar-refractivity contribution in [3.05, 3.63) is 59.9 Å². The van der Waals surface area contributed by atoms with Crippen molar-refractivity contribution in [1.82, 2.24) is 9.88 Å². The maximum atomic E-state index is 12.1. The molecule has 136 valence electrons. The highest BCUT2D eigenvalue weighted by Crippen LogP contribution is 2.11. The topological polar surface area (TPSA) is 88.6 Å². The zero-order chi connectivity index (χ0) is 18.9. The summed E-state index contributed by atoms with van der Waals surface area (Å²) in [6, 6.07) is 11.9. The minimum absolute atomic E-state index is 0.120. The van der Waals surface area contributed by atoms with E-state index in [-0.39, 0.29) is 24.8 Å². The van der Waals surface area contributed by atoms with Gasteiger partial charge in [0.15, 0.2) is 0 Å². The van der Waals surface area contributed by atoms with Gasteiger partial charge in [0.05, 0.1) is 24.9 Å². The van der Waals surface area contributed by atoms with Crippen LogP contribution in [0.15, 0.2) is 48.7 Å². The molecule has 0 aliphatic carbocycles. The molecule has 0 saturated carbocycles. The Hall–Kier alpha value is -3.22. The Bertz CT molecular complexity index is 760. The van der Waals surface area contributed by atoms with Gasteiger partial charge in [0.2, 0.25) is 11.8 Å². The molecule has 0 saturated heterocycles. The lowest BCUT2D eigenvalue weighted by Gasteiger charge is -2.20. The van der Waals surface area contributed by atoms with Crippen molar-refractivity contribution in [2.24, 2.45) is 0 Å². The summed E-state index contributed by atoms with van der Waals surface area (Å²) in [5.41, 5.74) is 1.74. The van der Waals surface area contributed by atoms with Gasteiger partial charge in [-0.2, -0.15) is 0 Å². The van der Waals surface area contributed by atoms with E-state index in [1.807, 2.05) is 12.1 Å². The van der Waals surface area contributed by atoms with Gasteiger partial charge in [-0.25, -0.2) is 4.79 Å². The van der Waals surface area contributed by atoms with E-state index in [0.717, 1.165) is 5.69 Å². The number of amides is 2. The normalized spacial score (nSPS) is 10.1. The lowest BCUT2D eigenvalue weighted by molar-refractivity contribution is -0.130. The molecule has 0 atom stereocenters. The van der Waals surface area contributed by atoms with Crippen LogP contribution >= 0.6 is 0 Å². The van der Waals surface area contributed by atoms with Crippen LogP contribution in [0.2, 0.25) is 0 Å². The summed E-state index contributed by atoms with van der Waals surface area (Å²) in [5.74, 6) is -0.775. The molecule has 2 amide bonds. The molecule has 0 spiro atoms. The molecule has 1 aromatic carbocycles. The van der Waals surface area contributed by atoms with E-state index in [2.05, 4.69) is 15.0 Å². The van der Waals surface area contributed by atoms with Gasteiger partial charge in [0, 0.05) is 31.8 Å². The van der Waals surface area contributed by atoms with Crippen molar-refractivity contribution in [1.29, 1.82) is 0 Å². The lowest BCUT2D eigenvalue weighted by Crippen LogP contribution is -2.31. The molecular weight excluding hydrogens is 334 g/mol. The van der Waals surface area contributed by atoms with Gasteiger partial charge >= 0.3 is 5.97 Å². The van der Waals surface area contributed by atoms with Crippen LogP contribution in [-0.4, -0.2) is 41.3 Å². The molecule has 0 aliphatic rings. The number of hydrogen-bond donors (Lipinski definition) is 1. The number of benzene rings is 1. The Balaban J connectivity index is 1.87. The molecule has 0 radical (unpaired) electrons. The predicted octanol–water partition coefficient (Wildman–Crippen LogP) is 2.25. The average Bonchev–Trinajstić information content (AvgIpc) is 2.65. The Morgan fingerprint density at radius 3 is 2.42 bits per heavy atom. The van der Waals surface area contributed by atoms with E-state index in [4.69, 9.17) is 0 Å². The largest absolute Gasteiger partial charge is 0.465 e. The molecule has 1 N–H and O–H groups in total. The second kappa shape index (κ2) is 9.31. The lowest BCUT2D eigenvalue weighted by atomic mass is 10.2. The molecule has 1 aromatic heterocycles. The predicted molar refractivity (Wildman–Crippen MR) is 96.4 cm³/mol. The summed E-state index contributed by atoms with van der Waals surface area (Å²) in [6.07, 6.45) is 1.82. The van der Waals surface area contributed by atoms with Crippen LogP contribution in [0.3, 0.4) is 0 Å². The molecule has 0 fully saturated rings. The third kappa shape index (κ3) is 5.70. The fourth-order valence-electron chi connectivity index (χ4n) is 2.30. The first-order valence-electron chi connectivity index (χ1n) is 8.13. The van der Waals surface area contributed by atoms with Crippen molar-refractivity contribution in [3.8, 4) is 0 Å². The van der Waals surface area contributed by atoms with Gasteiger partial charge in [-0.05, 0) is 36.4 Å². The van der Waals surface area contributed by atoms with Crippen LogP contribution in [0.4, 0.5) is 5.69 Å². The van der Waals surface area contributed by atoms with Gasteiger partial charge < -0.3 is 15.0 Å². The number of anilines is 1. The molecule has 1 heterocycles. The van der Waals surface area contributed by atoms with Gasteiger partial charge in [0.25, 0.3) is 0 Å². The minimum atomic E-state index is -0.436. The van der Waals surface area contributed by atoms with E-state index in [1.54, 1.807) is 41.4 Å². The van der Waals surface area contributed by atoms with Crippen molar-refractivity contribution < 1.29 is 19.1 Å². The SMILES string of the molecule is COC(=O)c1ccc(NC(=O)CCN(Cc2ccccn2)C(C)=O)cc1. The molecular formula is C19H21N3O4. The van der Waals surface area contributed by atoms with Crippen molar-refractivity contribution in [3.63, 3.8) is 0 Å². The monoisotopic (exact) mass is 355 g/mol. The second-order valence-corrected chi connectivity index (χ2v) is 5.63. The number of esters is 1.